The van der Waals surface area contributed by atoms with Gasteiger partial charge in [0.15, 0.2) is 0 Å². The number of thiophene rings is 2. The quantitative estimate of drug-likeness (QED) is 0.478. The molecule has 2 rings (SSSR count). The van der Waals surface area contributed by atoms with E-state index in [1.165, 1.54) is 34.8 Å². The van der Waals surface area contributed by atoms with E-state index in [0.29, 0.717) is 9.75 Å². The maximum absolute atomic E-state index is 11.1. The number of nitrogens with zero attached hydrogens (tertiary/aromatic N) is 2. The van der Waals surface area contributed by atoms with Crippen molar-refractivity contribution in [2.24, 2.45) is 0 Å². The van der Waals surface area contributed by atoms with Gasteiger partial charge in [0.05, 0.1) is 9.85 Å². The first-order chi connectivity index (χ1) is 9.58. The van der Waals surface area contributed by atoms with Crippen LogP contribution in [-0.2, 0) is 0 Å². The smallest absolute Gasteiger partial charge is 0.258 e. The van der Waals surface area contributed by atoms with E-state index in [4.69, 9.17) is 0 Å². The Labute approximate surface area is 121 Å². The normalized spacial score (nSPS) is 12.4. The lowest BCUT2D eigenvalue weighted by molar-refractivity contribution is -0.477. The van der Waals surface area contributed by atoms with E-state index < -0.39 is 21.2 Å². The minimum absolute atomic E-state index is 0.522. The third-order valence-corrected chi connectivity index (χ3v) is 3.94. The van der Waals surface area contributed by atoms with Gasteiger partial charge in [0, 0.05) is 21.9 Å². The third kappa shape index (κ3) is 3.37. The van der Waals surface area contributed by atoms with E-state index in [1.54, 1.807) is 35.0 Å². The average Bonchev–Trinajstić information content (AvgIpc) is 3.06. The van der Waals surface area contributed by atoms with Crippen molar-refractivity contribution in [2.75, 3.05) is 0 Å². The zero-order valence-electron chi connectivity index (χ0n) is 9.96. The maximum Gasteiger partial charge on any atom is 0.347 e. The molecule has 0 unspecified atom stereocenters. The molecular formula is C12H8N2O4S2. The molecule has 0 bridgehead atoms. The van der Waals surface area contributed by atoms with E-state index in [2.05, 4.69) is 0 Å². The minimum Gasteiger partial charge on any atom is -0.258 e. The van der Waals surface area contributed by atoms with E-state index >= 15 is 0 Å². The molecule has 8 heteroatoms. The molecule has 0 atom stereocenters. The van der Waals surface area contributed by atoms with Crippen molar-refractivity contribution in [2.45, 2.75) is 0 Å². The molecular weight excluding hydrogens is 300 g/mol. The lowest BCUT2D eigenvalue weighted by Crippen LogP contribution is -2.09. The Balaban J connectivity index is 2.49. The Bertz CT molecular complexity index is 612. The highest BCUT2D eigenvalue weighted by Gasteiger charge is 2.29. The highest BCUT2D eigenvalue weighted by Crippen LogP contribution is 2.23. The molecule has 102 valence electrons. The molecule has 0 amide bonds. The fourth-order valence-corrected chi connectivity index (χ4v) is 2.76. The lowest BCUT2D eigenvalue weighted by atomic mass is 10.2. The molecule has 0 spiro atoms. The molecule has 2 aromatic rings. The minimum atomic E-state index is -0.734. The van der Waals surface area contributed by atoms with Gasteiger partial charge in [-0.05, 0) is 22.9 Å². The van der Waals surface area contributed by atoms with E-state index in [1.807, 2.05) is 0 Å². The summed E-state index contributed by atoms with van der Waals surface area (Å²) in [4.78, 5) is 21.9. The summed E-state index contributed by atoms with van der Waals surface area (Å²) >= 11 is 2.56. The molecule has 0 saturated heterocycles. The Morgan fingerprint density at radius 3 is 1.55 bits per heavy atom. The molecule has 0 aliphatic heterocycles. The first-order valence-electron chi connectivity index (χ1n) is 5.37. The van der Waals surface area contributed by atoms with Gasteiger partial charge in [-0.2, -0.15) is 0 Å². The second-order valence-electron chi connectivity index (χ2n) is 3.60. The van der Waals surface area contributed by atoms with Crippen molar-refractivity contribution in [3.05, 3.63) is 76.4 Å². The summed E-state index contributed by atoms with van der Waals surface area (Å²) < 4.78 is 0. The summed E-state index contributed by atoms with van der Waals surface area (Å²) in [5.41, 5.74) is -1.04. The highest BCUT2D eigenvalue weighted by atomic mass is 32.1. The van der Waals surface area contributed by atoms with Gasteiger partial charge < -0.3 is 0 Å². The fraction of sp³-hybridized carbons (Fsp3) is 0. The van der Waals surface area contributed by atoms with E-state index in [-0.39, 0.29) is 0 Å². The van der Waals surface area contributed by atoms with Crippen LogP contribution >= 0.6 is 22.7 Å². The zero-order valence-corrected chi connectivity index (χ0v) is 11.6. The van der Waals surface area contributed by atoms with Gasteiger partial charge in [0.25, 0.3) is 0 Å². The van der Waals surface area contributed by atoms with Crippen molar-refractivity contribution >= 4 is 34.8 Å². The molecule has 0 aromatic carbocycles. The summed E-state index contributed by atoms with van der Waals surface area (Å²) in [7, 11) is 0. The molecule has 2 heterocycles. The van der Waals surface area contributed by atoms with Crippen molar-refractivity contribution in [1.82, 2.24) is 0 Å². The maximum atomic E-state index is 11.1. The first-order valence-corrected chi connectivity index (χ1v) is 7.13. The van der Waals surface area contributed by atoms with Gasteiger partial charge >= 0.3 is 11.4 Å². The van der Waals surface area contributed by atoms with Crippen LogP contribution in [0.4, 0.5) is 0 Å². The lowest BCUT2D eigenvalue weighted by Gasteiger charge is -1.96. The van der Waals surface area contributed by atoms with Gasteiger partial charge in [0.1, 0.15) is 0 Å². The predicted octanol–water partition coefficient (Wildman–Crippen LogP) is 3.75. The highest BCUT2D eigenvalue weighted by molar-refractivity contribution is 7.11. The van der Waals surface area contributed by atoms with Gasteiger partial charge in [-0.25, -0.2) is 0 Å². The van der Waals surface area contributed by atoms with Gasteiger partial charge in [0.2, 0.25) is 0 Å². The second kappa shape index (κ2) is 6.22. The van der Waals surface area contributed by atoms with Crippen LogP contribution in [0.1, 0.15) is 9.75 Å². The molecule has 0 aliphatic rings. The van der Waals surface area contributed by atoms with Crippen LogP contribution in [0.5, 0.6) is 0 Å². The molecule has 20 heavy (non-hydrogen) atoms. The van der Waals surface area contributed by atoms with Gasteiger partial charge in [-0.15, -0.1) is 22.7 Å². The number of rotatable bonds is 5. The summed E-state index contributed by atoms with van der Waals surface area (Å²) in [6.45, 7) is 0. The fourth-order valence-electron chi connectivity index (χ4n) is 1.46. The standard InChI is InChI=1S/C12H8N2O4S2/c15-13(16)11(7-9-3-1-5-19-9)12(14(17)18)8-10-4-2-6-20-10/h1-8H/b11-7-,12-8+. The Morgan fingerprint density at radius 2 is 1.30 bits per heavy atom. The predicted molar refractivity (Wildman–Crippen MR) is 78.6 cm³/mol. The molecule has 0 N–H and O–H groups in total. The Kier molecular flexibility index (Phi) is 4.38. The van der Waals surface area contributed by atoms with Crippen molar-refractivity contribution in [3.63, 3.8) is 0 Å². The van der Waals surface area contributed by atoms with Crippen LogP contribution < -0.4 is 0 Å². The third-order valence-electron chi connectivity index (χ3n) is 2.30. The summed E-state index contributed by atoms with van der Waals surface area (Å²) in [6.07, 6.45) is 2.43. The summed E-state index contributed by atoms with van der Waals surface area (Å²) in [5, 5.41) is 25.7. The first kappa shape index (κ1) is 14.1. The van der Waals surface area contributed by atoms with Crippen LogP contribution in [0.2, 0.25) is 0 Å². The molecule has 0 saturated carbocycles. The number of hydrogen-bond donors (Lipinski definition) is 0. The molecule has 0 fully saturated rings. The van der Waals surface area contributed by atoms with Gasteiger partial charge in [-0.3, -0.25) is 20.2 Å². The zero-order chi connectivity index (χ0) is 14.5. The van der Waals surface area contributed by atoms with Crippen LogP contribution in [0.25, 0.3) is 12.2 Å². The topological polar surface area (TPSA) is 86.3 Å². The van der Waals surface area contributed by atoms with Crippen LogP contribution in [0.3, 0.4) is 0 Å². The SMILES string of the molecule is O=[N+]([O-])C(=C\c1cccs1)/C(=C\c1cccs1)[N+](=O)[O-]. The second-order valence-corrected chi connectivity index (χ2v) is 5.56. The monoisotopic (exact) mass is 308 g/mol. The molecule has 2 aromatic heterocycles. The van der Waals surface area contributed by atoms with Crippen LogP contribution in [-0.4, -0.2) is 9.85 Å². The van der Waals surface area contributed by atoms with E-state index in [0.717, 1.165) is 0 Å². The summed E-state index contributed by atoms with van der Waals surface area (Å²) in [6, 6.07) is 6.78. The van der Waals surface area contributed by atoms with Gasteiger partial charge in [-0.1, -0.05) is 12.1 Å². The number of hydrogen-bond acceptors (Lipinski definition) is 6. The Hall–Kier alpha value is -2.32. The van der Waals surface area contributed by atoms with Crippen molar-refractivity contribution in [1.29, 1.82) is 0 Å². The molecule has 0 radical (unpaired) electrons. The van der Waals surface area contributed by atoms with Crippen LogP contribution in [0, 0.1) is 20.2 Å². The Morgan fingerprint density at radius 1 is 0.900 bits per heavy atom. The largest absolute Gasteiger partial charge is 0.347 e. The van der Waals surface area contributed by atoms with Crippen molar-refractivity contribution in [3.8, 4) is 0 Å². The summed E-state index contributed by atoms with van der Waals surface area (Å²) in [5.74, 6) is 0. The molecule has 6 nitrogen and oxygen atoms in total. The van der Waals surface area contributed by atoms with Crippen LogP contribution in [0.15, 0.2) is 46.4 Å². The van der Waals surface area contributed by atoms with Crippen molar-refractivity contribution < 1.29 is 9.85 Å². The average molecular weight is 308 g/mol. The molecule has 0 aliphatic carbocycles. The van der Waals surface area contributed by atoms with E-state index in [9.17, 15) is 20.2 Å². The number of nitro groups is 2.